The van der Waals surface area contributed by atoms with Crippen molar-refractivity contribution in [2.24, 2.45) is 5.18 Å². The van der Waals surface area contributed by atoms with Crippen molar-refractivity contribution in [2.45, 2.75) is 32.4 Å². The fourth-order valence-electron chi connectivity index (χ4n) is 3.31. The number of aromatic nitrogens is 2. The van der Waals surface area contributed by atoms with Crippen LogP contribution in [-0.4, -0.2) is 23.1 Å². The Labute approximate surface area is 134 Å². The molecule has 3 heterocycles. The lowest BCUT2D eigenvalue weighted by Crippen LogP contribution is -2.31. The lowest BCUT2D eigenvalue weighted by Gasteiger charge is -2.27. The third-order valence-corrected chi connectivity index (χ3v) is 4.56. The molecule has 1 fully saturated rings. The van der Waals surface area contributed by atoms with E-state index in [0.717, 1.165) is 54.6 Å². The van der Waals surface area contributed by atoms with Crippen LogP contribution in [0.5, 0.6) is 0 Å². The van der Waals surface area contributed by atoms with Crippen molar-refractivity contribution < 1.29 is 0 Å². The minimum atomic E-state index is 0.439. The Morgan fingerprint density at radius 1 is 1.00 bits per heavy atom. The molecule has 118 valence electrons. The molecule has 0 aliphatic carbocycles. The van der Waals surface area contributed by atoms with Gasteiger partial charge in [-0.15, -0.1) is 4.91 Å². The first-order chi connectivity index (χ1) is 11.3. The Kier molecular flexibility index (Phi) is 3.75. The molecule has 0 radical (unpaired) electrons. The van der Waals surface area contributed by atoms with Crippen LogP contribution in [0.25, 0.3) is 11.3 Å². The fourth-order valence-corrected chi connectivity index (χ4v) is 3.31. The van der Waals surface area contributed by atoms with Crippen LogP contribution < -0.4 is 10.2 Å². The maximum absolute atomic E-state index is 10.6. The van der Waals surface area contributed by atoms with Crippen LogP contribution in [-0.2, 0) is 13.1 Å². The van der Waals surface area contributed by atoms with Gasteiger partial charge < -0.3 is 10.2 Å². The molecule has 0 atom stereocenters. The van der Waals surface area contributed by atoms with Gasteiger partial charge in [0, 0.05) is 37.3 Å². The molecule has 0 saturated carbocycles. The highest BCUT2D eigenvalue weighted by Gasteiger charge is 2.23. The van der Waals surface area contributed by atoms with Crippen LogP contribution >= 0.6 is 0 Å². The van der Waals surface area contributed by atoms with Crippen LogP contribution in [0.1, 0.15) is 30.5 Å². The van der Waals surface area contributed by atoms with Crippen LogP contribution in [0.2, 0.25) is 0 Å². The first-order valence-corrected chi connectivity index (χ1v) is 8.14. The number of nitrogens with zero attached hydrogens (tertiary/aromatic N) is 4. The van der Waals surface area contributed by atoms with E-state index in [0.29, 0.717) is 5.69 Å². The summed E-state index contributed by atoms with van der Waals surface area (Å²) in [5.41, 5.74) is 4.68. The van der Waals surface area contributed by atoms with Crippen LogP contribution in [0.4, 0.5) is 11.6 Å². The summed E-state index contributed by atoms with van der Waals surface area (Å²) in [4.78, 5) is 22.5. The van der Waals surface area contributed by atoms with Gasteiger partial charge in [-0.25, -0.2) is 9.97 Å². The second-order valence-electron chi connectivity index (χ2n) is 6.09. The predicted octanol–water partition coefficient (Wildman–Crippen LogP) is 3.14. The van der Waals surface area contributed by atoms with Gasteiger partial charge in [0.15, 0.2) is 0 Å². The summed E-state index contributed by atoms with van der Waals surface area (Å²) < 4.78 is 0. The minimum Gasteiger partial charge on any atom is -0.341 e. The second-order valence-corrected chi connectivity index (χ2v) is 6.09. The zero-order chi connectivity index (χ0) is 15.6. The molecule has 1 saturated heterocycles. The molecule has 1 aromatic carbocycles. The van der Waals surface area contributed by atoms with E-state index in [1.165, 1.54) is 19.3 Å². The van der Waals surface area contributed by atoms with Gasteiger partial charge in [-0.3, -0.25) is 0 Å². The zero-order valence-electron chi connectivity index (χ0n) is 13.0. The van der Waals surface area contributed by atoms with Crippen LogP contribution in [0.3, 0.4) is 0 Å². The molecular formula is C17H19N5O. The van der Waals surface area contributed by atoms with Gasteiger partial charge in [-0.1, -0.05) is 12.1 Å². The first kappa shape index (κ1) is 14.3. The van der Waals surface area contributed by atoms with Crippen molar-refractivity contribution in [3.05, 3.63) is 40.4 Å². The maximum atomic E-state index is 10.6. The lowest BCUT2D eigenvalue weighted by atomic mass is 10.1. The first-order valence-electron chi connectivity index (χ1n) is 8.14. The lowest BCUT2D eigenvalue weighted by molar-refractivity contribution is 0.567. The molecule has 1 aromatic heterocycles. The molecule has 2 aliphatic heterocycles. The minimum absolute atomic E-state index is 0.439. The molecule has 6 nitrogen and oxygen atoms in total. The Morgan fingerprint density at radius 2 is 1.78 bits per heavy atom. The average Bonchev–Trinajstić information content (AvgIpc) is 3.10. The summed E-state index contributed by atoms with van der Waals surface area (Å²) >= 11 is 0. The molecular weight excluding hydrogens is 290 g/mol. The largest absolute Gasteiger partial charge is 0.341 e. The molecule has 23 heavy (non-hydrogen) atoms. The molecule has 4 rings (SSSR count). The molecule has 2 aliphatic rings. The summed E-state index contributed by atoms with van der Waals surface area (Å²) in [7, 11) is 0. The van der Waals surface area contributed by atoms with Gasteiger partial charge >= 0.3 is 0 Å². The highest BCUT2D eigenvalue weighted by atomic mass is 16.3. The van der Waals surface area contributed by atoms with Gasteiger partial charge in [0.05, 0.1) is 11.4 Å². The molecule has 0 unspecified atom stereocenters. The number of hydrogen-bond acceptors (Lipinski definition) is 6. The van der Waals surface area contributed by atoms with Crippen molar-refractivity contribution in [3.8, 4) is 11.3 Å². The molecule has 6 heteroatoms. The monoisotopic (exact) mass is 309 g/mol. The Balaban J connectivity index is 1.77. The van der Waals surface area contributed by atoms with Gasteiger partial charge in [0.2, 0.25) is 5.95 Å². The predicted molar refractivity (Wildman–Crippen MR) is 89.5 cm³/mol. The van der Waals surface area contributed by atoms with E-state index in [1.807, 2.05) is 12.1 Å². The highest BCUT2D eigenvalue weighted by Crippen LogP contribution is 2.30. The summed E-state index contributed by atoms with van der Waals surface area (Å²) in [5, 5.41) is 6.33. The van der Waals surface area contributed by atoms with Crippen LogP contribution in [0.15, 0.2) is 29.4 Å². The standard InChI is InChI=1S/C17H19N5O/c23-21-13-6-4-12(5-7-13)16-14-10-18-11-15(14)19-17(20-16)22-8-2-1-3-9-22/h4-7,18H,1-3,8-11H2. The third-order valence-electron chi connectivity index (χ3n) is 4.56. The topological polar surface area (TPSA) is 70.5 Å². The number of hydrogen-bond donors (Lipinski definition) is 1. The quantitative estimate of drug-likeness (QED) is 0.882. The van der Waals surface area contributed by atoms with Crippen molar-refractivity contribution in [1.29, 1.82) is 0 Å². The molecule has 0 amide bonds. The smallest absolute Gasteiger partial charge is 0.226 e. The summed E-state index contributed by atoms with van der Waals surface area (Å²) in [6, 6.07) is 7.30. The second kappa shape index (κ2) is 6.04. The third kappa shape index (κ3) is 2.70. The van der Waals surface area contributed by atoms with Gasteiger partial charge in [0.1, 0.15) is 5.69 Å². The van der Waals surface area contributed by atoms with Crippen molar-refractivity contribution in [1.82, 2.24) is 15.3 Å². The van der Waals surface area contributed by atoms with E-state index in [1.54, 1.807) is 12.1 Å². The Bertz CT molecular complexity index is 723. The van der Waals surface area contributed by atoms with Crippen molar-refractivity contribution in [3.63, 3.8) is 0 Å². The average molecular weight is 309 g/mol. The van der Waals surface area contributed by atoms with E-state index < -0.39 is 0 Å². The highest BCUT2D eigenvalue weighted by molar-refractivity contribution is 5.67. The van der Waals surface area contributed by atoms with Crippen molar-refractivity contribution >= 4 is 11.6 Å². The molecule has 2 aromatic rings. The van der Waals surface area contributed by atoms with E-state index in [2.05, 4.69) is 15.4 Å². The van der Waals surface area contributed by atoms with E-state index in [-0.39, 0.29) is 0 Å². The number of anilines is 1. The SMILES string of the molecule is O=Nc1ccc(-c2nc(N3CCCCC3)nc3c2CNC3)cc1. The fraction of sp³-hybridized carbons (Fsp3) is 0.412. The number of nitrogens with one attached hydrogen (secondary N) is 1. The Hall–Kier alpha value is -2.34. The van der Waals surface area contributed by atoms with Crippen molar-refractivity contribution in [2.75, 3.05) is 18.0 Å². The zero-order valence-corrected chi connectivity index (χ0v) is 13.0. The molecule has 0 bridgehead atoms. The number of rotatable bonds is 3. The van der Waals surface area contributed by atoms with E-state index >= 15 is 0 Å². The molecule has 0 spiro atoms. The van der Waals surface area contributed by atoms with Gasteiger partial charge in [-0.2, -0.15) is 0 Å². The van der Waals surface area contributed by atoms with E-state index in [4.69, 9.17) is 9.97 Å². The normalized spacial score (nSPS) is 17.1. The Morgan fingerprint density at radius 3 is 2.52 bits per heavy atom. The number of piperidine rings is 1. The van der Waals surface area contributed by atoms with Gasteiger partial charge in [-0.05, 0) is 36.6 Å². The number of nitroso groups, excluding NO2 is 1. The van der Waals surface area contributed by atoms with Crippen LogP contribution in [0, 0.1) is 4.91 Å². The van der Waals surface area contributed by atoms with Gasteiger partial charge in [0.25, 0.3) is 0 Å². The summed E-state index contributed by atoms with van der Waals surface area (Å²) in [6.07, 6.45) is 3.69. The maximum Gasteiger partial charge on any atom is 0.226 e. The number of fused-ring (bicyclic) bond motifs is 1. The van der Waals surface area contributed by atoms with E-state index in [9.17, 15) is 4.91 Å². The summed E-state index contributed by atoms with van der Waals surface area (Å²) in [5.74, 6) is 0.833. The molecule has 1 N–H and O–H groups in total. The number of benzene rings is 1. The summed E-state index contributed by atoms with van der Waals surface area (Å²) in [6.45, 7) is 3.64.